The summed E-state index contributed by atoms with van der Waals surface area (Å²) < 4.78 is 10.9. The Hall–Kier alpha value is -3.02. The van der Waals surface area contributed by atoms with Gasteiger partial charge in [-0.15, -0.1) is 0 Å². The number of methoxy groups -OCH3 is 1. The predicted molar refractivity (Wildman–Crippen MR) is 118 cm³/mol. The summed E-state index contributed by atoms with van der Waals surface area (Å²) in [7, 11) is 1.58. The molecule has 1 atom stereocenters. The summed E-state index contributed by atoms with van der Waals surface area (Å²) in [6.45, 7) is 9.21. The maximum Gasteiger partial charge on any atom is 0.229 e. The number of carbonyl (C=O) groups is 2. The standard InChI is InChI=1S/C24H30N2O4/c1-6-30-19-10-8-18(9-11-19)26-15-16(13-22(26)27)23(28)25-20-14-17(24(2,3)4)7-12-21(20)29-5/h7-12,14,16H,6,13,15H2,1-5H3,(H,25,28)/t16-/m1/s1. The Kier molecular flexibility index (Phi) is 6.34. The minimum atomic E-state index is -0.424. The molecule has 1 heterocycles. The molecule has 6 heteroatoms. The van der Waals surface area contributed by atoms with E-state index >= 15 is 0 Å². The minimum Gasteiger partial charge on any atom is -0.495 e. The third-order valence-corrected chi connectivity index (χ3v) is 5.28. The molecule has 6 nitrogen and oxygen atoms in total. The molecule has 2 aromatic rings. The lowest BCUT2D eigenvalue weighted by molar-refractivity contribution is -0.122. The first-order valence-corrected chi connectivity index (χ1v) is 10.3. The van der Waals surface area contributed by atoms with Crippen LogP contribution in [0.2, 0.25) is 0 Å². The summed E-state index contributed by atoms with van der Waals surface area (Å²) >= 11 is 0. The second kappa shape index (κ2) is 8.78. The predicted octanol–water partition coefficient (Wildman–Crippen LogP) is 4.38. The zero-order valence-electron chi connectivity index (χ0n) is 18.3. The number of anilines is 2. The number of ether oxygens (including phenoxy) is 2. The van der Waals surface area contributed by atoms with Gasteiger partial charge in [0.25, 0.3) is 0 Å². The van der Waals surface area contributed by atoms with Gasteiger partial charge in [0.15, 0.2) is 0 Å². The Morgan fingerprint density at radius 3 is 2.47 bits per heavy atom. The topological polar surface area (TPSA) is 67.9 Å². The fourth-order valence-electron chi connectivity index (χ4n) is 3.53. The zero-order valence-corrected chi connectivity index (χ0v) is 18.3. The van der Waals surface area contributed by atoms with E-state index in [-0.39, 0.29) is 23.7 Å². The largest absolute Gasteiger partial charge is 0.495 e. The quantitative estimate of drug-likeness (QED) is 0.767. The number of carbonyl (C=O) groups excluding carboxylic acids is 2. The number of amides is 2. The van der Waals surface area contributed by atoms with Crippen LogP contribution >= 0.6 is 0 Å². The molecular formula is C24H30N2O4. The number of hydrogen-bond donors (Lipinski definition) is 1. The third kappa shape index (κ3) is 4.75. The molecule has 160 valence electrons. The Labute approximate surface area is 178 Å². The van der Waals surface area contributed by atoms with E-state index in [1.165, 1.54) is 0 Å². The summed E-state index contributed by atoms with van der Waals surface area (Å²) in [5, 5.41) is 2.97. The van der Waals surface area contributed by atoms with E-state index in [0.29, 0.717) is 24.6 Å². The molecule has 0 spiro atoms. The normalized spacial score (nSPS) is 16.5. The van der Waals surface area contributed by atoms with Crippen LogP contribution in [-0.4, -0.2) is 32.1 Å². The van der Waals surface area contributed by atoms with E-state index in [4.69, 9.17) is 9.47 Å². The highest BCUT2D eigenvalue weighted by Crippen LogP contribution is 2.33. The van der Waals surface area contributed by atoms with Gasteiger partial charge in [0.05, 0.1) is 25.3 Å². The molecule has 0 radical (unpaired) electrons. The molecule has 1 aliphatic heterocycles. The van der Waals surface area contributed by atoms with Crippen LogP contribution in [-0.2, 0) is 15.0 Å². The maximum absolute atomic E-state index is 12.9. The summed E-state index contributed by atoms with van der Waals surface area (Å²) in [6.07, 6.45) is 0.181. The lowest BCUT2D eigenvalue weighted by Gasteiger charge is -2.22. The van der Waals surface area contributed by atoms with Gasteiger partial charge in [-0.25, -0.2) is 0 Å². The lowest BCUT2D eigenvalue weighted by Crippen LogP contribution is -2.28. The van der Waals surface area contributed by atoms with Gasteiger partial charge in [0.2, 0.25) is 11.8 Å². The average molecular weight is 411 g/mol. The van der Waals surface area contributed by atoms with Crippen molar-refractivity contribution < 1.29 is 19.1 Å². The van der Waals surface area contributed by atoms with Crippen LogP contribution in [0.25, 0.3) is 0 Å². The molecule has 0 saturated carbocycles. The highest BCUT2D eigenvalue weighted by Gasteiger charge is 2.35. The van der Waals surface area contributed by atoms with E-state index in [0.717, 1.165) is 17.0 Å². The highest BCUT2D eigenvalue weighted by molar-refractivity contribution is 6.04. The SMILES string of the molecule is CCOc1ccc(N2C[C@H](C(=O)Nc3cc(C(C)(C)C)ccc3OC)CC2=O)cc1. The molecule has 2 amide bonds. The van der Waals surface area contributed by atoms with Gasteiger partial charge in [0.1, 0.15) is 11.5 Å². The van der Waals surface area contributed by atoms with Crippen molar-refractivity contribution in [3.05, 3.63) is 48.0 Å². The Balaban J connectivity index is 1.73. The molecule has 1 N–H and O–H groups in total. The molecule has 0 bridgehead atoms. The van der Waals surface area contributed by atoms with Crippen LogP contribution in [0, 0.1) is 5.92 Å². The van der Waals surface area contributed by atoms with Crippen molar-refractivity contribution in [2.75, 3.05) is 30.5 Å². The molecule has 1 fully saturated rings. The van der Waals surface area contributed by atoms with Crippen LogP contribution in [0.4, 0.5) is 11.4 Å². The van der Waals surface area contributed by atoms with Crippen molar-refractivity contribution >= 4 is 23.2 Å². The second-order valence-corrected chi connectivity index (χ2v) is 8.49. The Bertz CT molecular complexity index is 916. The van der Waals surface area contributed by atoms with Gasteiger partial charge < -0.3 is 19.7 Å². The molecule has 0 aromatic heterocycles. The van der Waals surface area contributed by atoms with Crippen molar-refractivity contribution in [3.63, 3.8) is 0 Å². The number of nitrogens with zero attached hydrogens (tertiary/aromatic N) is 1. The van der Waals surface area contributed by atoms with Crippen LogP contribution in [0.1, 0.15) is 39.7 Å². The van der Waals surface area contributed by atoms with Crippen LogP contribution in [0.15, 0.2) is 42.5 Å². The maximum atomic E-state index is 12.9. The second-order valence-electron chi connectivity index (χ2n) is 8.49. The van der Waals surface area contributed by atoms with Crippen molar-refractivity contribution in [2.24, 2.45) is 5.92 Å². The fourth-order valence-corrected chi connectivity index (χ4v) is 3.53. The summed E-state index contributed by atoms with van der Waals surface area (Å²) in [5.74, 6) is 0.694. The van der Waals surface area contributed by atoms with Gasteiger partial charge in [-0.1, -0.05) is 26.8 Å². The van der Waals surface area contributed by atoms with Gasteiger partial charge in [-0.3, -0.25) is 9.59 Å². The van der Waals surface area contributed by atoms with Gasteiger partial charge in [0, 0.05) is 18.7 Å². The summed E-state index contributed by atoms with van der Waals surface area (Å²) in [5.41, 5.74) is 2.43. The Morgan fingerprint density at radius 2 is 1.87 bits per heavy atom. The molecule has 3 rings (SSSR count). The van der Waals surface area contributed by atoms with Crippen LogP contribution in [0.5, 0.6) is 11.5 Å². The molecule has 0 aliphatic carbocycles. The van der Waals surface area contributed by atoms with E-state index in [9.17, 15) is 9.59 Å². The third-order valence-electron chi connectivity index (χ3n) is 5.28. The van der Waals surface area contributed by atoms with Gasteiger partial charge >= 0.3 is 0 Å². The van der Waals surface area contributed by atoms with E-state index in [1.807, 2.05) is 49.4 Å². The van der Waals surface area contributed by atoms with Gasteiger partial charge in [-0.2, -0.15) is 0 Å². The number of benzene rings is 2. The van der Waals surface area contributed by atoms with E-state index in [1.54, 1.807) is 12.0 Å². The highest BCUT2D eigenvalue weighted by atomic mass is 16.5. The first-order chi connectivity index (χ1) is 14.2. The number of hydrogen-bond acceptors (Lipinski definition) is 4. The van der Waals surface area contributed by atoms with E-state index in [2.05, 4.69) is 26.1 Å². The summed E-state index contributed by atoms with van der Waals surface area (Å²) in [4.78, 5) is 27.1. The van der Waals surface area contributed by atoms with Crippen molar-refractivity contribution in [2.45, 2.75) is 39.5 Å². The van der Waals surface area contributed by atoms with Crippen molar-refractivity contribution in [1.82, 2.24) is 0 Å². The van der Waals surface area contributed by atoms with Crippen LogP contribution in [0.3, 0.4) is 0 Å². The number of rotatable bonds is 6. The number of nitrogens with one attached hydrogen (secondary N) is 1. The minimum absolute atomic E-state index is 0.0560. The zero-order chi connectivity index (χ0) is 21.9. The molecule has 30 heavy (non-hydrogen) atoms. The van der Waals surface area contributed by atoms with Crippen LogP contribution < -0.4 is 19.7 Å². The Morgan fingerprint density at radius 1 is 1.17 bits per heavy atom. The average Bonchev–Trinajstić information content (AvgIpc) is 3.10. The van der Waals surface area contributed by atoms with Crippen molar-refractivity contribution in [1.29, 1.82) is 0 Å². The lowest BCUT2D eigenvalue weighted by atomic mass is 9.86. The molecular weight excluding hydrogens is 380 g/mol. The molecule has 1 saturated heterocycles. The first kappa shape index (κ1) is 21.7. The first-order valence-electron chi connectivity index (χ1n) is 10.3. The molecule has 1 aliphatic rings. The van der Waals surface area contributed by atoms with E-state index < -0.39 is 5.92 Å². The monoisotopic (exact) mass is 410 g/mol. The fraction of sp³-hybridized carbons (Fsp3) is 0.417. The smallest absolute Gasteiger partial charge is 0.229 e. The molecule has 2 aromatic carbocycles. The van der Waals surface area contributed by atoms with Gasteiger partial charge in [-0.05, 0) is 54.3 Å². The molecule has 0 unspecified atom stereocenters. The van der Waals surface area contributed by atoms with Crippen molar-refractivity contribution in [3.8, 4) is 11.5 Å². The summed E-state index contributed by atoms with van der Waals surface area (Å²) in [6, 6.07) is 13.2.